The average Bonchev–Trinajstić information content (AvgIpc) is 3.42. The number of carboxylic acids is 1. The van der Waals surface area contributed by atoms with Gasteiger partial charge in [0.25, 0.3) is 0 Å². The molecule has 0 spiro atoms. The van der Waals surface area contributed by atoms with Crippen molar-refractivity contribution >= 4 is 27.8 Å². The summed E-state index contributed by atoms with van der Waals surface area (Å²) >= 11 is 0. The molecule has 0 saturated heterocycles. The highest BCUT2D eigenvalue weighted by Crippen LogP contribution is 2.34. The molecule has 2 aromatic heterocycles. The van der Waals surface area contributed by atoms with Crippen molar-refractivity contribution in [2.45, 2.75) is 19.8 Å². The van der Waals surface area contributed by atoms with Crippen molar-refractivity contribution in [3.05, 3.63) is 89.7 Å². The van der Waals surface area contributed by atoms with Crippen LogP contribution in [-0.2, 0) is 6.42 Å². The maximum atomic E-state index is 12.0. The molecular weight excluding hydrogens is 400 g/mol. The quantitative estimate of drug-likeness (QED) is 0.267. The van der Waals surface area contributed by atoms with E-state index in [-0.39, 0.29) is 5.69 Å². The lowest BCUT2D eigenvalue weighted by atomic mass is 9.97. The van der Waals surface area contributed by atoms with Gasteiger partial charge in [-0.25, -0.2) is 4.79 Å². The zero-order chi connectivity index (χ0) is 22.1. The van der Waals surface area contributed by atoms with Gasteiger partial charge in [-0.1, -0.05) is 48.5 Å². The number of aryl methyl sites for hydroxylation is 2. The Morgan fingerprint density at radius 3 is 2.59 bits per heavy atom. The van der Waals surface area contributed by atoms with Gasteiger partial charge in [0.2, 0.25) is 0 Å². The number of nitrogens with one attached hydrogen (secondary N) is 2. The van der Waals surface area contributed by atoms with Crippen LogP contribution in [0.5, 0.6) is 5.75 Å². The van der Waals surface area contributed by atoms with Gasteiger partial charge in [-0.2, -0.15) is 0 Å². The van der Waals surface area contributed by atoms with E-state index >= 15 is 0 Å². The first-order valence-corrected chi connectivity index (χ1v) is 10.8. The Hall–Kier alpha value is -3.99. The minimum absolute atomic E-state index is 0.258. The first kappa shape index (κ1) is 19.9. The number of carboxylic acid groups (broad SMARTS) is 1. The van der Waals surface area contributed by atoms with Gasteiger partial charge in [0.15, 0.2) is 0 Å². The van der Waals surface area contributed by atoms with E-state index in [2.05, 4.69) is 29.0 Å². The van der Waals surface area contributed by atoms with Gasteiger partial charge in [0.1, 0.15) is 11.4 Å². The molecule has 3 aromatic carbocycles. The van der Waals surface area contributed by atoms with Crippen molar-refractivity contribution in [1.82, 2.24) is 9.97 Å². The molecular formula is C27H24N2O3. The second-order valence-electron chi connectivity index (χ2n) is 7.97. The molecule has 0 aliphatic carbocycles. The molecule has 5 rings (SSSR count). The first-order valence-electron chi connectivity index (χ1n) is 10.8. The number of para-hydroxylation sites is 1. The van der Waals surface area contributed by atoms with Crippen molar-refractivity contribution in [2.75, 3.05) is 6.61 Å². The zero-order valence-corrected chi connectivity index (χ0v) is 17.8. The number of hydrogen-bond donors (Lipinski definition) is 3. The second-order valence-corrected chi connectivity index (χ2v) is 7.97. The van der Waals surface area contributed by atoms with Gasteiger partial charge in [-0.15, -0.1) is 0 Å². The van der Waals surface area contributed by atoms with Crippen LogP contribution < -0.4 is 4.74 Å². The fraction of sp³-hybridized carbons (Fsp3) is 0.148. The largest absolute Gasteiger partial charge is 0.493 e. The predicted molar refractivity (Wildman–Crippen MR) is 128 cm³/mol. The minimum Gasteiger partial charge on any atom is -0.493 e. The molecule has 0 unspecified atom stereocenters. The zero-order valence-electron chi connectivity index (χ0n) is 17.8. The Labute approximate surface area is 185 Å². The number of hydrogen-bond acceptors (Lipinski definition) is 2. The van der Waals surface area contributed by atoms with Crippen LogP contribution in [0.25, 0.3) is 32.9 Å². The molecule has 160 valence electrons. The summed E-state index contributed by atoms with van der Waals surface area (Å²) in [6.07, 6.45) is 3.22. The number of carbonyl (C=O) groups is 1. The Morgan fingerprint density at radius 1 is 0.938 bits per heavy atom. The predicted octanol–water partition coefficient (Wildman–Crippen LogP) is 6.33. The van der Waals surface area contributed by atoms with Gasteiger partial charge in [0.05, 0.1) is 12.1 Å². The normalized spacial score (nSPS) is 11.3. The maximum absolute atomic E-state index is 12.0. The van der Waals surface area contributed by atoms with Crippen LogP contribution in [0.1, 0.15) is 28.0 Å². The minimum atomic E-state index is -0.940. The lowest BCUT2D eigenvalue weighted by molar-refractivity contribution is 0.0690. The van der Waals surface area contributed by atoms with E-state index in [9.17, 15) is 9.90 Å². The molecule has 32 heavy (non-hydrogen) atoms. The number of aromatic carboxylic acids is 1. The van der Waals surface area contributed by atoms with Crippen LogP contribution in [0.3, 0.4) is 0 Å². The number of fused-ring (bicyclic) bond motifs is 2. The maximum Gasteiger partial charge on any atom is 0.352 e. The highest BCUT2D eigenvalue weighted by Gasteiger charge is 2.19. The molecule has 0 aliphatic rings. The van der Waals surface area contributed by atoms with Crippen LogP contribution in [0, 0.1) is 6.92 Å². The molecule has 2 heterocycles. The topological polar surface area (TPSA) is 78.1 Å². The third-order valence-corrected chi connectivity index (χ3v) is 5.97. The first-order chi connectivity index (χ1) is 15.6. The smallest absolute Gasteiger partial charge is 0.352 e. The van der Waals surface area contributed by atoms with Gasteiger partial charge in [-0.3, -0.25) is 0 Å². The Morgan fingerprint density at radius 2 is 1.75 bits per heavy atom. The Bertz CT molecular complexity index is 1430. The molecule has 0 radical (unpaired) electrons. The molecule has 0 amide bonds. The van der Waals surface area contributed by atoms with Gasteiger partial charge < -0.3 is 19.8 Å². The highest BCUT2D eigenvalue weighted by atomic mass is 16.5. The third kappa shape index (κ3) is 3.52. The Balaban J connectivity index is 1.42. The lowest BCUT2D eigenvalue weighted by Crippen LogP contribution is -2.04. The van der Waals surface area contributed by atoms with Crippen molar-refractivity contribution < 1.29 is 14.6 Å². The number of rotatable bonds is 7. The molecule has 0 bridgehead atoms. The van der Waals surface area contributed by atoms with E-state index in [4.69, 9.17) is 4.74 Å². The molecule has 0 saturated carbocycles. The van der Waals surface area contributed by atoms with Gasteiger partial charge >= 0.3 is 5.97 Å². The fourth-order valence-corrected chi connectivity index (χ4v) is 4.43. The van der Waals surface area contributed by atoms with E-state index < -0.39 is 5.97 Å². The highest BCUT2D eigenvalue weighted by molar-refractivity contribution is 6.03. The average molecular weight is 425 g/mol. The second kappa shape index (κ2) is 8.27. The van der Waals surface area contributed by atoms with E-state index in [1.165, 1.54) is 0 Å². The molecule has 5 aromatic rings. The summed E-state index contributed by atoms with van der Waals surface area (Å²) < 4.78 is 6.02. The summed E-state index contributed by atoms with van der Waals surface area (Å²) in [7, 11) is 0. The monoisotopic (exact) mass is 424 g/mol. The summed E-state index contributed by atoms with van der Waals surface area (Å²) in [5.74, 6) is -0.104. The summed E-state index contributed by atoms with van der Waals surface area (Å²) in [4.78, 5) is 18.4. The van der Waals surface area contributed by atoms with Crippen LogP contribution in [0.2, 0.25) is 0 Å². The molecule has 3 N–H and O–H groups in total. The molecule has 5 heteroatoms. The molecule has 0 aliphatic heterocycles. The number of benzene rings is 3. The van der Waals surface area contributed by atoms with Crippen molar-refractivity contribution in [3.8, 4) is 16.9 Å². The van der Waals surface area contributed by atoms with E-state index in [0.29, 0.717) is 19.4 Å². The van der Waals surface area contributed by atoms with Gasteiger partial charge in [-0.05, 0) is 54.7 Å². The standard InChI is InChI=1S/C27H24N2O3/c1-17-7-2-3-8-18(17)19-9-4-10-20-21(26(27(30)31)29-25(19)20)11-6-16-32-24-13-5-12-23-22(24)14-15-28-23/h2-5,7-10,12-15,28-29H,6,11,16H2,1H3,(H,30,31). The summed E-state index contributed by atoms with van der Waals surface area (Å²) in [5, 5.41) is 11.9. The number of aromatic amines is 2. The fourth-order valence-electron chi connectivity index (χ4n) is 4.43. The SMILES string of the molecule is Cc1ccccc1-c1cccc2c(CCCOc3cccc4[nH]ccc34)c(C(=O)O)[nH]c12. The Kier molecular flexibility index (Phi) is 5.15. The molecule has 0 atom stereocenters. The summed E-state index contributed by atoms with van der Waals surface area (Å²) in [6.45, 7) is 2.58. The third-order valence-electron chi connectivity index (χ3n) is 5.97. The van der Waals surface area contributed by atoms with E-state index in [1.54, 1.807) is 0 Å². The van der Waals surface area contributed by atoms with Crippen molar-refractivity contribution in [2.24, 2.45) is 0 Å². The van der Waals surface area contributed by atoms with Crippen LogP contribution in [-0.4, -0.2) is 27.7 Å². The van der Waals surface area contributed by atoms with E-state index in [0.717, 1.165) is 49.8 Å². The van der Waals surface area contributed by atoms with Crippen LogP contribution >= 0.6 is 0 Å². The summed E-state index contributed by atoms with van der Waals surface area (Å²) in [6, 6.07) is 22.1. The number of H-pyrrole nitrogens is 2. The van der Waals surface area contributed by atoms with Crippen LogP contribution in [0.15, 0.2) is 72.9 Å². The molecule has 0 fully saturated rings. The van der Waals surface area contributed by atoms with Crippen molar-refractivity contribution in [3.63, 3.8) is 0 Å². The lowest BCUT2D eigenvalue weighted by Gasteiger charge is -2.09. The van der Waals surface area contributed by atoms with Gasteiger partial charge in [0, 0.05) is 28.0 Å². The number of aromatic nitrogens is 2. The number of ether oxygens (including phenoxy) is 1. The van der Waals surface area contributed by atoms with Crippen LogP contribution in [0.4, 0.5) is 0 Å². The molecule has 5 nitrogen and oxygen atoms in total. The van der Waals surface area contributed by atoms with Crippen molar-refractivity contribution in [1.29, 1.82) is 0 Å². The van der Waals surface area contributed by atoms with E-state index in [1.807, 2.05) is 60.8 Å². The summed E-state index contributed by atoms with van der Waals surface area (Å²) in [5.41, 5.74) is 6.26.